The van der Waals surface area contributed by atoms with Crippen molar-refractivity contribution >= 4 is 15.7 Å². The molecule has 1 atom stereocenters. The topological polar surface area (TPSA) is 107 Å². The Morgan fingerprint density at radius 3 is 2.79 bits per heavy atom. The van der Waals surface area contributed by atoms with E-state index in [2.05, 4.69) is 15.5 Å². The molecule has 1 amide bonds. The molecule has 0 fully saturated rings. The van der Waals surface area contributed by atoms with Crippen LogP contribution in [0.1, 0.15) is 47.4 Å². The lowest BCUT2D eigenvalue weighted by Gasteiger charge is -2.12. The van der Waals surface area contributed by atoms with Gasteiger partial charge in [-0.2, -0.15) is 0 Å². The smallest absolute Gasteiger partial charge is 0.287 e. The van der Waals surface area contributed by atoms with Crippen molar-refractivity contribution in [2.75, 3.05) is 0 Å². The summed E-state index contributed by atoms with van der Waals surface area (Å²) >= 11 is 0. The van der Waals surface area contributed by atoms with Gasteiger partial charge in [-0.15, -0.1) is 10.2 Å². The first kappa shape index (κ1) is 18.4. The van der Waals surface area contributed by atoms with Crippen LogP contribution in [0.2, 0.25) is 0 Å². The monoisotopic (exact) mass is 400 g/mol. The van der Waals surface area contributed by atoms with Gasteiger partial charge < -0.3 is 14.3 Å². The Morgan fingerprint density at radius 1 is 1.21 bits per heavy atom. The van der Waals surface area contributed by atoms with Gasteiger partial charge in [-0.05, 0) is 37.6 Å². The van der Waals surface area contributed by atoms with Crippen LogP contribution in [0.15, 0.2) is 51.8 Å². The van der Waals surface area contributed by atoms with Gasteiger partial charge in [0.1, 0.15) is 17.3 Å². The Hall–Kier alpha value is -2.94. The standard InChI is InChI=1S/C19H20N4O4S/c1-13(18-22-21-17-8-5-11-23(17)18)20-19(24)16-10-9-14(27-16)12-28(25,26)15-6-3-2-4-7-15/h2-4,6-7,9-10,13H,5,8,11-12H2,1H3,(H,20,24)/t13-/m1/s1. The molecule has 1 N–H and O–H groups in total. The fourth-order valence-corrected chi connectivity index (χ4v) is 4.57. The lowest BCUT2D eigenvalue weighted by molar-refractivity contribution is 0.0908. The molecule has 9 heteroatoms. The van der Waals surface area contributed by atoms with Crippen molar-refractivity contribution in [1.82, 2.24) is 20.1 Å². The molecule has 1 aromatic carbocycles. The van der Waals surface area contributed by atoms with E-state index in [1.165, 1.54) is 24.3 Å². The van der Waals surface area contributed by atoms with Gasteiger partial charge >= 0.3 is 0 Å². The highest BCUT2D eigenvalue weighted by molar-refractivity contribution is 7.90. The summed E-state index contributed by atoms with van der Waals surface area (Å²) in [5.41, 5.74) is 0. The Kier molecular flexibility index (Phi) is 4.76. The minimum atomic E-state index is -3.54. The van der Waals surface area contributed by atoms with Gasteiger partial charge in [0.2, 0.25) is 0 Å². The van der Waals surface area contributed by atoms with Crippen molar-refractivity contribution in [3.63, 3.8) is 0 Å². The number of benzene rings is 1. The van der Waals surface area contributed by atoms with Crippen molar-refractivity contribution in [3.8, 4) is 0 Å². The van der Waals surface area contributed by atoms with Crippen LogP contribution >= 0.6 is 0 Å². The second-order valence-corrected chi connectivity index (χ2v) is 8.75. The number of amides is 1. The summed E-state index contributed by atoms with van der Waals surface area (Å²) in [7, 11) is -3.54. The number of furan rings is 1. The summed E-state index contributed by atoms with van der Waals surface area (Å²) in [5.74, 6) is 1.18. The van der Waals surface area contributed by atoms with E-state index in [0.717, 1.165) is 25.2 Å². The van der Waals surface area contributed by atoms with Crippen molar-refractivity contribution < 1.29 is 17.6 Å². The number of nitrogens with zero attached hydrogens (tertiary/aromatic N) is 3. The SMILES string of the molecule is C[C@@H](NC(=O)c1ccc(CS(=O)(=O)c2ccccc2)o1)c1nnc2n1CCC2. The molecule has 0 saturated heterocycles. The zero-order chi connectivity index (χ0) is 19.7. The summed E-state index contributed by atoms with van der Waals surface area (Å²) in [6, 6.07) is 10.8. The van der Waals surface area contributed by atoms with Crippen LogP contribution < -0.4 is 5.32 Å². The molecule has 0 aliphatic carbocycles. The second kappa shape index (κ2) is 7.23. The Bertz CT molecular complexity index is 1100. The average Bonchev–Trinajstić information content (AvgIpc) is 3.38. The molecule has 146 valence electrons. The van der Waals surface area contributed by atoms with Crippen LogP contribution in [0.3, 0.4) is 0 Å². The van der Waals surface area contributed by atoms with E-state index in [1.54, 1.807) is 18.2 Å². The van der Waals surface area contributed by atoms with E-state index in [-0.39, 0.29) is 28.2 Å². The average molecular weight is 400 g/mol. The van der Waals surface area contributed by atoms with Crippen molar-refractivity contribution in [2.24, 2.45) is 0 Å². The number of fused-ring (bicyclic) bond motifs is 1. The molecule has 0 unspecified atom stereocenters. The lowest BCUT2D eigenvalue weighted by Crippen LogP contribution is -2.28. The fourth-order valence-electron chi connectivity index (χ4n) is 3.30. The molecule has 0 bridgehead atoms. The van der Waals surface area contributed by atoms with Gasteiger partial charge in [0.15, 0.2) is 21.4 Å². The van der Waals surface area contributed by atoms with Crippen LogP contribution in [0.25, 0.3) is 0 Å². The predicted molar refractivity (Wildman–Crippen MR) is 100 cm³/mol. The molecule has 4 rings (SSSR count). The maximum Gasteiger partial charge on any atom is 0.287 e. The van der Waals surface area contributed by atoms with Crippen LogP contribution in [-0.4, -0.2) is 29.1 Å². The number of rotatable bonds is 6. The normalized spacial score (nSPS) is 14.6. The molecular weight excluding hydrogens is 380 g/mol. The van der Waals surface area contributed by atoms with E-state index < -0.39 is 15.7 Å². The molecule has 2 aromatic heterocycles. The summed E-state index contributed by atoms with van der Waals surface area (Å²) in [4.78, 5) is 12.7. The number of nitrogens with one attached hydrogen (secondary N) is 1. The van der Waals surface area contributed by atoms with E-state index >= 15 is 0 Å². The van der Waals surface area contributed by atoms with Crippen molar-refractivity contribution in [1.29, 1.82) is 0 Å². The van der Waals surface area contributed by atoms with Crippen LogP contribution in [0.5, 0.6) is 0 Å². The summed E-state index contributed by atoms with van der Waals surface area (Å²) in [5, 5.41) is 11.1. The fraction of sp³-hybridized carbons (Fsp3) is 0.316. The highest BCUT2D eigenvalue weighted by Crippen LogP contribution is 2.21. The van der Waals surface area contributed by atoms with Gasteiger partial charge in [-0.3, -0.25) is 4.79 Å². The zero-order valence-electron chi connectivity index (χ0n) is 15.3. The Labute approximate surface area is 162 Å². The molecule has 28 heavy (non-hydrogen) atoms. The zero-order valence-corrected chi connectivity index (χ0v) is 16.1. The molecule has 0 saturated carbocycles. The third-order valence-corrected chi connectivity index (χ3v) is 6.35. The summed E-state index contributed by atoms with van der Waals surface area (Å²) in [6.45, 7) is 2.68. The number of aromatic nitrogens is 3. The molecule has 0 radical (unpaired) electrons. The molecular formula is C19H20N4O4S. The number of carbonyl (C=O) groups is 1. The number of carbonyl (C=O) groups excluding carboxylic acids is 1. The third kappa shape index (κ3) is 3.57. The van der Waals surface area contributed by atoms with Gasteiger partial charge in [0.25, 0.3) is 5.91 Å². The minimum Gasteiger partial charge on any atom is -0.455 e. The largest absolute Gasteiger partial charge is 0.455 e. The highest BCUT2D eigenvalue weighted by atomic mass is 32.2. The maximum atomic E-state index is 12.5. The van der Waals surface area contributed by atoms with E-state index in [4.69, 9.17) is 4.42 Å². The predicted octanol–water partition coefficient (Wildman–Crippen LogP) is 2.28. The molecule has 3 aromatic rings. The Balaban J connectivity index is 1.44. The molecule has 1 aliphatic heterocycles. The first-order chi connectivity index (χ1) is 13.4. The third-order valence-electron chi connectivity index (χ3n) is 4.69. The van der Waals surface area contributed by atoms with E-state index in [0.29, 0.717) is 5.82 Å². The molecule has 8 nitrogen and oxygen atoms in total. The highest BCUT2D eigenvalue weighted by Gasteiger charge is 2.24. The van der Waals surface area contributed by atoms with Crippen LogP contribution in [-0.2, 0) is 28.6 Å². The lowest BCUT2D eigenvalue weighted by atomic mass is 10.3. The van der Waals surface area contributed by atoms with Gasteiger partial charge in [-0.25, -0.2) is 8.42 Å². The second-order valence-electron chi connectivity index (χ2n) is 6.76. The molecule has 3 heterocycles. The molecule has 0 spiro atoms. The maximum absolute atomic E-state index is 12.5. The van der Waals surface area contributed by atoms with Crippen LogP contribution in [0, 0.1) is 0 Å². The van der Waals surface area contributed by atoms with Crippen molar-refractivity contribution in [2.45, 2.75) is 43.0 Å². The Morgan fingerprint density at radius 2 is 2.00 bits per heavy atom. The minimum absolute atomic E-state index is 0.0614. The van der Waals surface area contributed by atoms with Crippen LogP contribution in [0.4, 0.5) is 0 Å². The summed E-state index contributed by atoms with van der Waals surface area (Å²) < 4.78 is 32.4. The van der Waals surface area contributed by atoms with Crippen molar-refractivity contribution in [3.05, 3.63) is 65.6 Å². The number of hydrogen-bond donors (Lipinski definition) is 1. The number of aryl methyl sites for hydroxylation is 1. The van der Waals surface area contributed by atoms with Gasteiger partial charge in [0.05, 0.1) is 10.9 Å². The first-order valence-corrected chi connectivity index (χ1v) is 10.7. The quantitative estimate of drug-likeness (QED) is 0.680. The van der Waals surface area contributed by atoms with E-state index in [9.17, 15) is 13.2 Å². The first-order valence-electron chi connectivity index (χ1n) is 9.03. The van der Waals surface area contributed by atoms with E-state index in [1.807, 2.05) is 11.5 Å². The number of hydrogen-bond acceptors (Lipinski definition) is 6. The summed E-state index contributed by atoms with van der Waals surface area (Å²) in [6.07, 6.45) is 1.92. The van der Waals surface area contributed by atoms with Gasteiger partial charge in [-0.1, -0.05) is 18.2 Å². The number of sulfone groups is 1. The van der Waals surface area contributed by atoms with Gasteiger partial charge in [0, 0.05) is 13.0 Å². The molecule has 1 aliphatic rings.